The summed E-state index contributed by atoms with van der Waals surface area (Å²) in [6.07, 6.45) is 7.62. The van der Waals surface area contributed by atoms with Gasteiger partial charge in [0, 0.05) is 30.6 Å². The van der Waals surface area contributed by atoms with Gasteiger partial charge >= 0.3 is 0 Å². The van der Waals surface area contributed by atoms with Crippen molar-refractivity contribution in [1.29, 1.82) is 0 Å². The number of benzene rings is 1. The summed E-state index contributed by atoms with van der Waals surface area (Å²) in [4.78, 5) is 16.4. The Bertz CT molecular complexity index is 1140. The van der Waals surface area contributed by atoms with Crippen LogP contribution in [0.2, 0.25) is 0 Å². The number of fused-ring (bicyclic) bond motifs is 1. The van der Waals surface area contributed by atoms with E-state index < -0.39 is 0 Å². The lowest BCUT2D eigenvalue weighted by atomic mass is 10.0. The third-order valence-corrected chi connectivity index (χ3v) is 4.92. The van der Waals surface area contributed by atoms with Crippen molar-refractivity contribution in [2.24, 2.45) is 7.05 Å². The standard InChI is InChI=1S/C22H27N7O2/c1-14(2)24-20(30)10-11-31-18-7-4-15(5-8-18)21-26-22(29(3)28-21)25-17-6-9-19-16(12-17)13-23-27-19/h4,6-7,9,12-14H,5,8,10-11H2,1-3H3,(H,23,27)(H,24,30)(H,25,26,28). The molecule has 3 N–H and O–H groups in total. The normalized spacial score (nSPS) is 13.8. The molecule has 3 aromatic rings. The molecule has 0 bridgehead atoms. The predicted octanol–water partition coefficient (Wildman–Crippen LogP) is 3.43. The number of H-pyrrole nitrogens is 1. The number of aryl methyl sites for hydroxylation is 1. The maximum Gasteiger partial charge on any atom is 0.225 e. The SMILES string of the molecule is CC(C)NC(=O)CCOC1=CC=C(c2nc(Nc3ccc4[nH]ncc4c3)n(C)n2)CC1. The largest absolute Gasteiger partial charge is 0.497 e. The Labute approximate surface area is 180 Å². The molecular formula is C22H27N7O2. The highest BCUT2D eigenvalue weighted by atomic mass is 16.5. The van der Waals surface area contributed by atoms with Crippen LogP contribution >= 0.6 is 0 Å². The fourth-order valence-electron chi connectivity index (χ4n) is 3.37. The number of anilines is 2. The highest BCUT2D eigenvalue weighted by Crippen LogP contribution is 2.27. The first kappa shape index (κ1) is 20.6. The third kappa shape index (κ3) is 5.11. The van der Waals surface area contributed by atoms with Crippen LogP contribution < -0.4 is 10.6 Å². The van der Waals surface area contributed by atoms with Crippen molar-refractivity contribution in [3.8, 4) is 0 Å². The summed E-state index contributed by atoms with van der Waals surface area (Å²) in [5.74, 6) is 2.25. The number of nitrogens with zero attached hydrogens (tertiary/aromatic N) is 4. The van der Waals surface area contributed by atoms with E-state index in [9.17, 15) is 4.79 Å². The van der Waals surface area contributed by atoms with Gasteiger partial charge < -0.3 is 15.4 Å². The van der Waals surface area contributed by atoms with Crippen molar-refractivity contribution >= 4 is 34.0 Å². The lowest BCUT2D eigenvalue weighted by Crippen LogP contribution is -2.30. The zero-order valence-corrected chi connectivity index (χ0v) is 18.0. The molecule has 9 nitrogen and oxygen atoms in total. The van der Waals surface area contributed by atoms with Gasteiger partial charge in [-0.15, -0.1) is 5.10 Å². The molecule has 2 aromatic heterocycles. The highest BCUT2D eigenvalue weighted by molar-refractivity contribution is 5.82. The Hall–Kier alpha value is -3.62. The number of allylic oxidation sites excluding steroid dienone is 4. The van der Waals surface area contributed by atoms with Crippen molar-refractivity contribution in [2.45, 2.75) is 39.2 Å². The van der Waals surface area contributed by atoms with Gasteiger partial charge in [0.1, 0.15) is 0 Å². The number of carbonyl (C=O) groups is 1. The van der Waals surface area contributed by atoms with Crippen molar-refractivity contribution in [3.63, 3.8) is 0 Å². The molecule has 1 aliphatic rings. The Morgan fingerprint density at radius 3 is 2.94 bits per heavy atom. The number of amides is 1. The monoisotopic (exact) mass is 421 g/mol. The molecule has 0 atom stereocenters. The second kappa shape index (κ2) is 9.03. The molecule has 1 aliphatic carbocycles. The Balaban J connectivity index is 1.37. The first-order chi connectivity index (χ1) is 15.0. The van der Waals surface area contributed by atoms with E-state index in [-0.39, 0.29) is 11.9 Å². The number of hydrogen-bond acceptors (Lipinski definition) is 6. The van der Waals surface area contributed by atoms with Crippen molar-refractivity contribution in [2.75, 3.05) is 11.9 Å². The van der Waals surface area contributed by atoms with E-state index in [1.807, 2.05) is 51.2 Å². The van der Waals surface area contributed by atoms with Gasteiger partial charge in [-0.05, 0) is 50.1 Å². The Kier molecular flexibility index (Phi) is 6.01. The molecular weight excluding hydrogens is 394 g/mol. The smallest absolute Gasteiger partial charge is 0.225 e. The number of carbonyl (C=O) groups excluding carboxylic acids is 1. The Morgan fingerprint density at radius 1 is 1.29 bits per heavy atom. The van der Waals surface area contributed by atoms with Crippen LogP contribution in [0.25, 0.3) is 16.5 Å². The number of ether oxygens (including phenoxy) is 1. The Morgan fingerprint density at radius 2 is 2.16 bits per heavy atom. The maximum atomic E-state index is 11.7. The molecule has 0 aliphatic heterocycles. The summed E-state index contributed by atoms with van der Waals surface area (Å²) in [5.41, 5.74) is 2.96. The van der Waals surface area contributed by atoms with E-state index in [1.54, 1.807) is 10.9 Å². The van der Waals surface area contributed by atoms with Gasteiger partial charge in [0.25, 0.3) is 0 Å². The predicted molar refractivity (Wildman–Crippen MR) is 120 cm³/mol. The fourth-order valence-corrected chi connectivity index (χ4v) is 3.37. The van der Waals surface area contributed by atoms with E-state index in [4.69, 9.17) is 4.74 Å². The molecule has 0 unspecified atom stereocenters. The fraction of sp³-hybridized carbons (Fsp3) is 0.364. The molecule has 0 radical (unpaired) electrons. The molecule has 0 spiro atoms. The van der Waals surface area contributed by atoms with Gasteiger partial charge in [0.05, 0.1) is 30.5 Å². The lowest BCUT2D eigenvalue weighted by Gasteiger charge is -2.15. The minimum atomic E-state index is 0.00674. The number of nitrogens with one attached hydrogen (secondary N) is 3. The first-order valence-electron chi connectivity index (χ1n) is 10.4. The number of aromatic amines is 1. The van der Waals surface area contributed by atoms with Gasteiger partial charge in [0.2, 0.25) is 11.9 Å². The quantitative estimate of drug-likeness (QED) is 0.514. The van der Waals surface area contributed by atoms with Crippen LogP contribution in [0.4, 0.5) is 11.6 Å². The topological polar surface area (TPSA) is 110 Å². The lowest BCUT2D eigenvalue weighted by molar-refractivity contribution is -0.122. The summed E-state index contributed by atoms with van der Waals surface area (Å²) in [6, 6.07) is 6.11. The van der Waals surface area contributed by atoms with E-state index in [1.165, 1.54) is 0 Å². The molecule has 9 heteroatoms. The molecule has 0 fully saturated rings. The van der Waals surface area contributed by atoms with Crippen LogP contribution in [0.15, 0.2) is 42.3 Å². The van der Waals surface area contributed by atoms with E-state index in [0.29, 0.717) is 24.8 Å². The molecule has 0 saturated carbocycles. The van der Waals surface area contributed by atoms with Crippen LogP contribution in [0.3, 0.4) is 0 Å². The average molecular weight is 422 g/mol. The molecule has 0 saturated heterocycles. The zero-order valence-electron chi connectivity index (χ0n) is 18.0. The highest BCUT2D eigenvalue weighted by Gasteiger charge is 2.16. The average Bonchev–Trinajstić information content (AvgIpc) is 3.34. The molecule has 162 valence electrons. The summed E-state index contributed by atoms with van der Waals surface area (Å²) in [6.45, 7) is 4.27. The zero-order chi connectivity index (χ0) is 21.8. The summed E-state index contributed by atoms with van der Waals surface area (Å²) in [5, 5.41) is 18.8. The van der Waals surface area contributed by atoms with Gasteiger partial charge in [-0.1, -0.05) is 6.08 Å². The van der Waals surface area contributed by atoms with Crippen LogP contribution in [0.1, 0.15) is 38.9 Å². The third-order valence-electron chi connectivity index (χ3n) is 4.92. The number of rotatable bonds is 8. The number of hydrogen-bond donors (Lipinski definition) is 3. The van der Waals surface area contributed by atoms with Crippen LogP contribution in [-0.4, -0.2) is 43.5 Å². The van der Waals surface area contributed by atoms with Gasteiger partial charge in [-0.25, -0.2) is 4.68 Å². The van der Waals surface area contributed by atoms with Crippen molar-refractivity contribution in [1.82, 2.24) is 30.3 Å². The van der Waals surface area contributed by atoms with Gasteiger partial charge in [-0.3, -0.25) is 9.89 Å². The molecule has 31 heavy (non-hydrogen) atoms. The van der Waals surface area contributed by atoms with Crippen molar-refractivity contribution in [3.05, 3.63) is 48.1 Å². The molecule has 2 heterocycles. The maximum absolute atomic E-state index is 11.7. The molecule has 4 rings (SSSR count). The number of aromatic nitrogens is 5. The first-order valence-corrected chi connectivity index (χ1v) is 10.4. The molecule has 1 amide bonds. The second-order valence-corrected chi connectivity index (χ2v) is 7.83. The van der Waals surface area contributed by atoms with Crippen LogP contribution in [-0.2, 0) is 16.6 Å². The summed E-state index contributed by atoms with van der Waals surface area (Å²) in [7, 11) is 1.87. The van der Waals surface area contributed by atoms with Crippen molar-refractivity contribution < 1.29 is 9.53 Å². The van der Waals surface area contributed by atoms with E-state index in [2.05, 4.69) is 30.9 Å². The van der Waals surface area contributed by atoms with Crippen LogP contribution in [0, 0.1) is 0 Å². The summed E-state index contributed by atoms with van der Waals surface area (Å²) >= 11 is 0. The minimum absolute atomic E-state index is 0.00674. The molecule has 1 aromatic carbocycles. The second-order valence-electron chi connectivity index (χ2n) is 7.83. The van der Waals surface area contributed by atoms with E-state index in [0.717, 1.165) is 40.8 Å². The minimum Gasteiger partial charge on any atom is -0.497 e. The van der Waals surface area contributed by atoms with Crippen LogP contribution in [0.5, 0.6) is 0 Å². The van der Waals surface area contributed by atoms with Gasteiger partial charge in [0.15, 0.2) is 5.82 Å². The van der Waals surface area contributed by atoms with E-state index >= 15 is 0 Å². The summed E-state index contributed by atoms with van der Waals surface area (Å²) < 4.78 is 7.48. The van der Waals surface area contributed by atoms with Gasteiger partial charge in [-0.2, -0.15) is 10.1 Å².